The Morgan fingerprint density at radius 1 is 1.75 bits per heavy atom. The molecule has 1 aromatic heterocycles. The normalized spacial score (nSPS) is 9.62. The van der Waals surface area contributed by atoms with Gasteiger partial charge in [0, 0.05) is 6.54 Å². The van der Waals surface area contributed by atoms with Crippen molar-refractivity contribution in [2.45, 2.75) is 11.6 Å². The van der Waals surface area contributed by atoms with Gasteiger partial charge in [0.05, 0.1) is 4.88 Å². The van der Waals surface area contributed by atoms with Gasteiger partial charge in [0.2, 0.25) is 0 Å². The molecule has 0 spiro atoms. The molecule has 2 N–H and O–H groups in total. The Hall–Kier alpha value is -0.260. The van der Waals surface area contributed by atoms with E-state index in [1.807, 2.05) is 0 Å². The van der Waals surface area contributed by atoms with Crippen LogP contribution < -0.4 is 5.73 Å². The van der Waals surface area contributed by atoms with Crippen LogP contribution in [-0.2, 0) is 6.54 Å². The fourth-order valence-electron chi connectivity index (χ4n) is 0.326. The number of nitrogens with two attached hydrogens (primary N) is 1. The number of hydrogen-bond acceptors (Lipinski definition) is 4. The fourth-order valence-corrected chi connectivity index (χ4v) is 1.03. The summed E-state index contributed by atoms with van der Waals surface area (Å²) in [5, 5.41) is 4.13. The Morgan fingerprint density at radius 2 is 2.50 bits per heavy atom. The third kappa shape index (κ3) is 0.936. The zero-order valence-electron chi connectivity index (χ0n) is 4.00. The third-order valence-electron chi connectivity index (χ3n) is 0.707. The van der Waals surface area contributed by atoms with Crippen LogP contribution >= 0.6 is 24.2 Å². The molecule has 43 valence electrons. The lowest BCUT2D eigenvalue weighted by molar-refractivity contribution is 0.976. The predicted molar refractivity (Wildman–Crippen MR) is 33.7 cm³/mol. The minimum atomic E-state index is 0.455. The van der Waals surface area contributed by atoms with Crippen LogP contribution in [0.25, 0.3) is 0 Å². The summed E-state index contributed by atoms with van der Waals surface area (Å²) >= 11 is 6.00. The first-order valence-corrected chi connectivity index (χ1v) is 3.21. The summed E-state index contributed by atoms with van der Waals surface area (Å²) in [7, 11) is 0. The van der Waals surface area contributed by atoms with Crippen molar-refractivity contribution < 1.29 is 0 Å². The molecule has 0 saturated heterocycles. The van der Waals surface area contributed by atoms with Crippen molar-refractivity contribution in [1.29, 1.82) is 0 Å². The largest absolute Gasteiger partial charge is 0.326 e. The lowest BCUT2D eigenvalue weighted by atomic mass is 10.6. The zero-order chi connectivity index (χ0) is 5.98. The molecule has 8 heavy (non-hydrogen) atoms. The van der Waals surface area contributed by atoms with E-state index in [9.17, 15) is 0 Å². The topological polar surface area (TPSA) is 51.8 Å². The second-order valence-electron chi connectivity index (χ2n) is 1.21. The van der Waals surface area contributed by atoms with Gasteiger partial charge in [0.25, 0.3) is 0 Å². The van der Waals surface area contributed by atoms with E-state index in [1.165, 1.54) is 11.5 Å². The first-order valence-electron chi connectivity index (χ1n) is 2.03. The van der Waals surface area contributed by atoms with Crippen molar-refractivity contribution in [2.24, 2.45) is 5.73 Å². The molecule has 0 saturated carbocycles. The fraction of sp³-hybridized carbons (Fsp3) is 0.333. The van der Waals surface area contributed by atoms with Gasteiger partial charge in [-0.25, -0.2) is 0 Å². The Balaban J connectivity index is 2.92. The van der Waals surface area contributed by atoms with Gasteiger partial charge >= 0.3 is 0 Å². The van der Waals surface area contributed by atoms with Crippen LogP contribution in [0.2, 0.25) is 0 Å². The lowest BCUT2D eigenvalue weighted by Gasteiger charge is -1.81. The molecule has 1 heterocycles. The van der Waals surface area contributed by atoms with Gasteiger partial charge in [-0.1, -0.05) is 17.1 Å². The Labute approximate surface area is 56.5 Å². The molecular formula is C3H4N3S2. The summed E-state index contributed by atoms with van der Waals surface area (Å²) in [6.45, 7) is 0.455. The standard InChI is InChI=1S/C3H4N3S2/c4-1-2-3(7)5-6-8-2/h1,4H2. The lowest BCUT2D eigenvalue weighted by Crippen LogP contribution is -1.93. The first kappa shape index (κ1) is 5.87. The number of hydrogen-bond donors (Lipinski definition) is 1. The number of aromatic nitrogens is 2. The minimum absolute atomic E-state index is 0.455. The maximum Gasteiger partial charge on any atom is 0.165 e. The summed E-state index contributed by atoms with van der Waals surface area (Å²) in [5.74, 6) is 0. The van der Waals surface area contributed by atoms with E-state index in [1.54, 1.807) is 0 Å². The highest BCUT2D eigenvalue weighted by Gasteiger charge is 1.99. The first-order chi connectivity index (χ1) is 3.84. The number of rotatable bonds is 1. The molecule has 0 aliphatic rings. The molecule has 0 aliphatic heterocycles. The van der Waals surface area contributed by atoms with Crippen molar-refractivity contribution in [3.8, 4) is 0 Å². The number of nitrogens with zero attached hydrogens (tertiary/aromatic N) is 2. The van der Waals surface area contributed by atoms with E-state index in [-0.39, 0.29) is 0 Å². The molecule has 0 fully saturated rings. The summed E-state index contributed by atoms with van der Waals surface area (Å²) in [5.41, 5.74) is 5.26. The molecule has 1 radical (unpaired) electrons. The summed E-state index contributed by atoms with van der Waals surface area (Å²) in [6, 6.07) is 0. The van der Waals surface area contributed by atoms with E-state index in [0.717, 1.165) is 4.88 Å². The Morgan fingerprint density at radius 3 is 2.75 bits per heavy atom. The average Bonchev–Trinajstić information content (AvgIpc) is 2.14. The highest BCUT2D eigenvalue weighted by Crippen LogP contribution is 2.11. The summed E-state index contributed by atoms with van der Waals surface area (Å²) in [6.07, 6.45) is 0. The molecule has 0 amide bonds. The average molecular weight is 146 g/mol. The van der Waals surface area contributed by atoms with Crippen molar-refractivity contribution in [3.05, 3.63) is 4.88 Å². The molecule has 3 nitrogen and oxygen atoms in total. The van der Waals surface area contributed by atoms with Gasteiger partial charge in [0.15, 0.2) is 5.03 Å². The quantitative estimate of drug-likeness (QED) is 0.629. The van der Waals surface area contributed by atoms with Gasteiger partial charge in [0.1, 0.15) is 0 Å². The Bertz CT molecular complexity index is 173. The van der Waals surface area contributed by atoms with Crippen LogP contribution in [0.4, 0.5) is 0 Å². The van der Waals surface area contributed by atoms with Crippen LogP contribution in [0.5, 0.6) is 0 Å². The van der Waals surface area contributed by atoms with Gasteiger partial charge in [-0.15, -0.1) is 5.10 Å². The van der Waals surface area contributed by atoms with Crippen molar-refractivity contribution >= 4 is 24.2 Å². The van der Waals surface area contributed by atoms with E-state index >= 15 is 0 Å². The molecule has 0 bridgehead atoms. The van der Waals surface area contributed by atoms with E-state index in [2.05, 4.69) is 9.59 Å². The van der Waals surface area contributed by atoms with Crippen LogP contribution in [0.3, 0.4) is 0 Å². The summed E-state index contributed by atoms with van der Waals surface area (Å²) < 4.78 is 3.60. The second-order valence-corrected chi connectivity index (χ2v) is 2.43. The van der Waals surface area contributed by atoms with Gasteiger partial charge < -0.3 is 5.73 Å². The van der Waals surface area contributed by atoms with Crippen LogP contribution in [0, 0.1) is 0 Å². The monoisotopic (exact) mass is 146 g/mol. The molecule has 5 heteroatoms. The molecule has 0 atom stereocenters. The maximum atomic E-state index is 5.26. The van der Waals surface area contributed by atoms with Crippen LogP contribution in [-0.4, -0.2) is 9.59 Å². The van der Waals surface area contributed by atoms with E-state index < -0.39 is 0 Å². The van der Waals surface area contributed by atoms with Gasteiger partial charge in [-0.05, 0) is 11.5 Å². The highest BCUT2D eigenvalue weighted by molar-refractivity contribution is 7.80. The van der Waals surface area contributed by atoms with Crippen LogP contribution in [0.1, 0.15) is 4.88 Å². The predicted octanol–water partition coefficient (Wildman–Crippen LogP) is 0.553. The highest BCUT2D eigenvalue weighted by atomic mass is 32.1. The van der Waals surface area contributed by atoms with E-state index in [4.69, 9.17) is 18.4 Å². The van der Waals surface area contributed by atoms with Crippen molar-refractivity contribution in [3.63, 3.8) is 0 Å². The maximum absolute atomic E-state index is 5.26. The molecule has 0 unspecified atom stereocenters. The van der Waals surface area contributed by atoms with Crippen LogP contribution in [0.15, 0.2) is 5.03 Å². The minimum Gasteiger partial charge on any atom is -0.326 e. The second kappa shape index (κ2) is 2.34. The molecule has 1 aromatic rings. The summed E-state index contributed by atoms with van der Waals surface area (Å²) in [4.78, 5) is 0.889. The molecule has 1 rings (SSSR count). The van der Waals surface area contributed by atoms with Gasteiger partial charge in [-0.3, -0.25) is 0 Å². The molecule has 0 aliphatic carbocycles. The SMILES string of the molecule is NCc1snnc1[S]. The van der Waals surface area contributed by atoms with E-state index in [0.29, 0.717) is 11.6 Å². The molecule has 0 aromatic carbocycles. The third-order valence-corrected chi connectivity index (χ3v) is 1.91. The smallest absolute Gasteiger partial charge is 0.165 e. The van der Waals surface area contributed by atoms with Crippen molar-refractivity contribution in [1.82, 2.24) is 9.59 Å². The van der Waals surface area contributed by atoms with Crippen molar-refractivity contribution in [2.75, 3.05) is 0 Å². The Kier molecular flexibility index (Phi) is 1.72. The molecular weight excluding hydrogens is 142 g/mol. The zero-order valence-corrected chi connectivity index (χ0v) is 5.63. The van der Waals surface area contributed by atoms with Gasteiger partial charge in [-0.2, -0.15) is 0 Å².